The fraction of sp³-hybridized carbons (Fsp3) is 0.889. The van der Waals surface area contributed by atoms with Crippen LogP contribution in [0.2, 0.25) is 0 Å². The second-order valence-corrected chi connectivity index (χ2v) is 3.07. The normalized spacial score (nSPS) is 8.38. The Balaban J connectivity index is 0. The van der Waals surface area contributed by atoms with E-state index in [2.05, 4.69) is 6.92 Å². The van der Waals surface area contributed by atoms with Crippen LogP contribution in [0.5, 0.6) is 0 Å². The molecule has 0 rings (SSSR count). The van der Waals surface area contributed by atoms with Crippen LogP contribution >= 0.6 is 12.2 Å². The van der Waals surface area contributed by atoms with Gasteiger partial charge in [0.05, 0.1) is 6.61 Å². The molecule has 0 aromatic rings. The van der Waals surface area contributed by atoms with Crippen LogP contribution in [-0.2, 0) is 4.74 Å². The Labute approximate surface area is 86.7 Å². The van der Waals surface area contributed by atoms with Crippen molar-refractivity contribution in [3.63, 3.8) is 0 Å². The van der Waals surface area contributed by atoms with Gasteiger partial charge in [-0.3, -0.25) is 0 Å². The van der Waals surface area contributed by atoms with Gasteiger partial charge in [0.25, 0.3) is 5.17 Å². The Morgan fingerprint density at radius 2 is 1.85 bits per heavy atom. The summed E-state index contributed by atoms with van der Waals surface area (Å²) in [6.45, 7) is 2.93. The molecule has 0 saturated heterocycles. The van der Waals surface area contributed by atoms with Crippen molar-refractivity contribution in [2.45, 2.75) is 26.2 Å². The lowest BCUT2D eigenvalue weighted by atomic mass is 10.3. The van der Waals surface area contributed by atoms with Crippen LogP contribution in [0.3, 0.4) is 0 Å². The van der Waals surface area contributed by atoms with Crippen LogP contribution in [0.25, 0.3) is 0 Å². The molecule has 0 amide bonds. The average molecular weight is 207 g/mol. The fourth-order valence-corrected chi connectivity index (χ4v) is 0.724. The highest BCUT2D eigenvalue weighted by atomic mass is 32.1. The molecule has 13 heavy (non-hydrogen) atoms. The van der Waals surface area contributed by atoms with E-state index in [9.17, 15) is 0 Å². The molecule has 0 unspecified atom stereocenters. The molecule has 4 heteroatoms. The molecule has 0 aliphatic rings. The minimum absolute atomic E-state index is 0.584. The minimum atomic E-state index is 0.584. The van der Waals surface area contributed by atoms with Crippen LogP contribution in [0.4, 0.5) is 0 Å². The molecule has 0 spiro atoms. The lowest BCUT2D eigenvalue weighted by Crippen LogP contribution is -2.22. The third-order valence-corrected chi connectivity index (χ3v) is 1.82. The number of aliphatic hydroxyl groups is 1. The summed E-state index contributed by atoms with van der Waals surface area (Å²) in [6.07, 6.45) is 3.54. The van der Waals surface area contributed by atoms with Gasteiger partial charge in [0.15, 0.2) is 0 Å². The molecule has 0 aromatic carbocycles. The molecule has 80 valence electrons. The summed E-state index contributed by atoms with van der Waals surface area (Å²) in [5.41, 5.74) is 0. The number of ether oxygens (including phenoxy) is 1. The summed E-state index contributed by atoms with van der Waals surface area (Å²) in [4.78, 5) is 1.81. The highest BCUT2D eigenvalue weighted by Crippen LogP contribution is 1.95. The lowest BCUT2D eigenvalue weighted by Gasteiger charge is -2.13. The molecule has 1 N–H and O–H groups in total. The van der Waals surface area contributed by atoms with E-state index in [1.54, 1.807) is 4.90 Å². The zero-order valence-corrected chi connectivity index (χ0v) is 9.86. The summed E-state index contributed by atoms with van der Waals surface area (Å²) in [6, 6.07) is 0. The van der Waals surface area contributed by atoms with Gasteiger partial charge in [0.1, 0.15) is 0 Å². The fourth-order valence-electron chi connectivity index (χ4n) is 0.641. The number of unbranched alkanes of at least 4 members (excludes halogenated alkanes) is 2. The molecule has 0 fully saturated rings. The largest absolute Gasteiger partial charge is 0.471 e. The van der Waals surface area contributed by atoms with Crippen LogP contribution in [-0.4, -0.2) is 43.0 Å². The molecule has 0 saturated carbocycles. The highest BCUT2D eigenvalue weighted by Gasteiger charge is 1.97. The highest BCUT2D eigenvalue weighted by molar-refractivity contribution is 7.80. The molecular weight excluding hydrogens is 186 g/mol. The van der Waals surface area contributed by atoms with Crippen LogP contribution < -0.4 is 0 Å². The van der Waals surface area contributed by atoms with Gasteiger partial charge in [0, 0.05) is 21.2 Å². The van der Waals surface area contributed by atoms with Gasteiger partial charge >= 0.3 is 0 Å². The van der Waals surface area contributed by atoms with Gasteiger partial charge in [-0.1, -0.05) is 19.8 Å². The van der Waals surface area contributed by atoms with E-state index in [1.165, 1.54) is 12.8 Å². The molecular formula is C9H21NO2S. The maximum atomic E-state index is 7.00. The first-order chi connectivity index (χ1) is 6.18. The summed E-state index contributed by atoms with van der Waals surface area (Å²) >= 11 is 4.93. The first kappa shape index (κ1) is 15.1. The first-order valence-corrected chi connectivity index (χ1v) is 4.88. The van der Waals surface area contributed by atoms with Crippen molar-refractivity contribution in [1.29, 1.82) is 0 Å². The lowest BCUT2D eigenvalue weighted by molar-refractivity contribution is 0.261. The van der Waals surface area contributed by atoms with Gasteiger partial charge in [-0.05, 0) is 18.6 Å². The van der Waals surface area contributed by atoms with Gasteiger partial charge < -0.3 is 14.7 Å². The Morgan fingerprint density at radius 1 is 1.31 bits per heavy atom. The topological polar surface area (TPSA) is 32.7 Å². The molecule has 0 aliphatic heterocycles. The summed E-state index contributed by atoms with van der Waals surface area (Å²) in [7, 11) is 4.78. The molecule has 0 radical (unpaired) electrons. The zero-order chi connectivity index (χ0) is 10.7. The second kappa shape index (κ2) is 11.6. The third-order valence-electron chi connectivity index (χ3n) is 1.34. The molecule has 3 nitrogen and oxygen atoms in total. The van der Waals surface area contributed by atoms with E-state index < -0.39 is 0 Å². The SMILES string of the molecule is CCCCCOC(=S)N(C)C.CO. The van der Waals surface area contributed by atoms with Crippen molar-refractivity contribution >= 4 is 17.4 Å². The van der Waals surface area contributed by atoms with Gasteiger partial charge in [-0.25, -0.2) is 0 Å². The Kier molecular flexibility index (Phi) is 13.6. The van der Waals surface area contributed by atoms with Gasteiger partial charge in [-0.15, -0.1) is 0 Å². The predicted octanol–water partition coefficient (Wildman–Crippen LogP) is 1.65. The molecule has 0 aliphatic carbocycles. The molecule has 0 aromatic heterocycles. The quantitative estimate of drug-likeness (QED) is 0.561. The van der Waals surface area contributed by atoms with Crippen LogP contribution in [0.15, 0.2) is 0 Å². The zero-order valence-electron chi connectivity index (χ0n) is 9.04. The van der Waals surface area contributed by atoms with Crippen molar-refractivity contribution in [3.05, 3.63) is 0 Å². The van der Waals surface area contributed by atoms with Crippen molar-refractivity contribution in [2.24, 2.45) is 0 Å². The number of rotatable bonds is 4. The van der Waals surface area contributed by atoms with Gasteiger partial charge in [0.2, 0.25) is 0 Å². The Bertz CT molecular complexity index is 118. The van der Waals surface area contributed by atoms with Crippen molar-refractivity contribution in [3.8, 4) is 0 Å². The van der Waals surface area contributed by atoms with Crippen molar-refractivity contribution < 1.29 is 9.84 Å². The number of hydrogen-bond donors (Lipinski definition) is 1. The molecule has 0 bridgehead atoms. The van der Waals surface area contributed by atoms with E-state index >= 15 is 0 Å². The minimum Gasteiger partial charge on any atom is -0.471 e. The smallest absolute Gasteiger partial charge is 0.258 e. The van der Waals surface area contributed by atoms with E-state index in [0.717, 1.165) is 20.1 Å². The first-order valence-electron chi connectivity index (χ1n) is 4.47. The van der Waals surface area contributed by atoms with Crippen LogP contribution in [0, 0.1) is 0 Å². The maximum absolute atomic E-state index is 7.00. The number of nitrogens with zero attached hydrogens (tertiary/aromatic N) is 1. The molecule has 0 atom stereocenters. The number of hydrogen-bond acceptors (Lipinski definition) is 3. The monoisotopic (exact) mass is 207 g/mol. The average Bonchev–Trinajstić information content (AvgIpc) is 2.15. The predicted molar refractivity (Wildman–Crippen MR) is 59.9 cm³/mol. The Hall–Kier alpha value is -0.350. The van der Waals surface area contributed by atoms with E-state index in [-0.39, 0.29) is 0 Å². The standard InChI is InChI=1S/C8H17NOS.CH4O/c1-4-5-6-7-10-8(11)9(2)3;1-2/h4-7H2,1-3H3;2H,1H3. The summed E-state index contributed by atoms with van der Waals surface area (Å²) in [5.74, 6) is 0. The van der Waals surface area contributed by atoms with Crippen molar-refractivity contribution in [1.82, 2.24) is 4.90 Å². The van der Waals surface area contributed by atoms with E-state index in [4.69, 9.17) is 22.1 Å². The van der Waals surface area contributed by atoms with E-state index in [1.807, 2.05) is 14.1 Å². The maximum Gasteiger partial charge on any atom is 0.258 e. The Morgan fingerprint density at radius 3 is 2.23 bits per heavy atom. The van der Waals surface area contributed by atoms with Crippen molar-refractivity contribution in [2.75, 3.05) is 27.8 Å². The third kappa shape index (κ3) is 11.7. The summed E-state index contributed by atoms with van der Waals surface area (Å²) in [5, 5.41) is 7.58. The van der Waals surface area contributed by atoms with E-state index in [0.29, 0.717) is 5.17 Å². The van der Waals surface area contributed by atoms with Crippen LogP contribution in [0.1, 0.15) is 26.2 Å². The van der Waals surface area contributed by atoms with Gasteiger partial charge in [-0.2, -0.15) is 0 Å². The number of thiocarbonyl (C=S) groups is 1. The molecule has 0 heterocycles. The summed E-state index contributed by atoms with van der Waals surface area (Å²) < 4.78 is 5.26. The number of aliphatic hydroxyl groups excluding tert-OH is 1. The second-order valence-electron chi connectivity index (χ2n) is 2.72.